The highest BCUT2D eigenvalue weighted by Gasteiger charge is 2.27. The lowest BCUT2D eigenvalue weighted by Gasteiger charge is -2.16. The molecule has 0 saturated heterocycles. The van der Waals surface area contributed by atoms with E-state index < -0.39 is 0 Å². The Hall–Kier alpha value is -1.97. The lowest BCUT2D eigenvalue weighted by molar-refractivity contribution is 0.487. The molecule has 4 heteroatoms. The van der Waals surface area contributed by atoms with E-state index >= 15 is 0 Å². The van der Waals surface area contributed by atoms with Crippen molar-refractivity contribution < 1.29 is 4.42 Å². The van der Waals surface area contributed by atoms with Crippen LogP contribution < -0.4 is 5.73 Å². The molecule has 0 bridgehead atoms. The summed E-state index contributed by atoms with van der Waals surface area (Å²) in [6.07, 6.45) is 2.45. The van der Waals surface area contributed by atoms with E-state index in [0.29, 0.717) is 18.5 Å². The minimum Gasteiger partial charge on any atom is -0.461 e. The van der Waals surface area contributed by atoms with Gasteiger partial charge in [-0.25, -0.2) is 4.99 Å². The first-order valence-electron chi connectivity index (χ1n) is 6.66. The Morgan fingerprint density at radius 1 is 1.42 bits per heavy atom. The number of para-hydroxylation sites is 1. The van der Waals surface area contributed by atoms with Gasteiger partial charge in [-0.1, -0.05) is 18.2 Å². The number of benzene rings is 1. The molecule has 2 aromatic rings. The molecule has 1 fully saturated rings. The molecule has 19 heavy (non-hydrogen) atoms. The molecule has 0 spiro atoms. The number of hydrogen-bond acceptors (Lipinski definition) is 2. The lowest BCUT2D eigenvalue weighted by Crippen LogP contribution is -2.35. The van der Waals surface area contributed by atoms with E-state index in [1.54, 1.807) is 0 Å². The van der Waals surface area contributed by atoms with E-state index in [1.807, 2.05) is 32.2 Å². The van der Waals surface area contributed by atoms with Gasteiger partial charge in [-0.3, -0.25) is 0 Å². The molecule has 1 aromatic heterocycles. The second kappa shape index (κ2) is 4.61. The molecule has 1 aromatic carbocycles. The minimum absolute atomic E-state index is 0.575. The van der Waals surface area contributed by atoms with Gasteiger partial charge in [0.1, 0.15) is 11.3 Å². The van der Waals surface area contributed by atoms with Gasteiger partial charge in [0, 0.05) is 24.0 Å². The average Bonchev–Trinajstić information content (AvgIpc) is 3.19. The van der Waals surface area contributed by atoms with Crippen molar-refractivity contribution in [2.45, 2.75) is 32.4 Å². The number of aryl methyl sites for hydroxylation is 1. The van der Waals surface area contributed by atoms with Crippen molar-refractivity contribution in [1.82, 2.24) is 4.90 Å². The molecular weight excluding hydrogens is 238 g/mol. The SMILES string of the molecule is Cc1oc2ccccc2c1CN=C(N)N(C)C1CC1. The van der Waals surface area contributed by atoms with Crippen LogP contribution in [0.3, 0.4) is 0 Å². The van der Waals surface area contributed by atoms with Crippen LogP contribution in [0.25, 0.3) is 11.0 Å². The van der Waals surface area contributed by atoms with Crippen molar-refractivity contribution in [2.75, 3.05) is 7.05 Å². The Morgan fingerprint density at radius 2 is 2.16 bits per heavy atom. The van der Waals surface area contributed by atoms with Gasteiger partial charge in [0.05, 0.1) is 6.54 Å². The molecule has 100 valence electrons. The maximum atomic E-state index is 6.01. The summed E-state index contributed by atoms with van der Waals surface area (Å²) >= 11 is 0. The molecule has 1 aliphatic carbocycles. The normalized spacial score (nSPS) is 16.0. The summed E-state index contributed by atoms with van der Waals surface area (Å²) in [5.41, 5.74) is 8.06. The third kappa shape index (κ3) is 2.30. The van der Waals surface area contributed by atoms with Crippen molar-refractivity contribution >= 4 is 16.9 Å². The zero-order chi connectivity index (χ0) is 13.4. The van der Waals surface area contributed by atoms with Crippen LogP contribution in [0.2, 0.25) is 0 Å². The Kier molecular flexibility index (Phi) is 2.93. The predicted octanol–water partition coefficient (Wildman–Crippen LogP) is 2.65. The fourth-order valence-corrected chi connectivity index (χ4v) is 2.34. The summed E-state index contributed by atoms with van der Waals surface area (Å²) in [6.45, 7) is 2.55. The van der Waals surface area contributed by atoms with Gasteiger partial charge < -0.3 is 15.1 Å². The first-order valence-corrected chi connectivity index (χ1v) is 6.66. The topological polar surface area (TPSA) is 54.8 Å². The summed E-state index contributed by atoms with van der Waals surface area (Å²) in [5, 5.41) is 1.13. The van der Waals surface area contributed by atoms with E-state index in [1.165, 1.54) is 12.8 Å². The monoisotopic (exact) mass is 257 g/mol. The fraction of sp³-hybridized carbons (Fsp3) is 0.400. The van der Waals surface area contributed by atoms with Gasteiger partial charge in [0.25, 0.3) is 0 Å². The average molecular weight is 257 g/mol. The Morgan fingerprint density at radius 3 is 2.89 bits per heavy atom. The van der Waals surface area contributed by atoms with Crippen LogP contribution >= 0.6 is 0 Å². The number of furan rings is 1. The maximum absolute atomic E-state index is 6.01. The third-order valence-electron chi connectivity index (χ3n) is 3.76. The minimum atomic E-state index is 0.575. The van der Waals surface area contributed by atoms with Crippen LogP contribution in [0.5, 0.6) is 0 Å². The van der Waals surface area contributed by atoms with Crippen LogP contribution in [0.4, 0.5) is 0 Å². The van der Waals surface area contributed by atoms with Gasteiger partial charge in [-0.2, -0.15) is 0 Å². The van der Waals surface area contributed by atoms with Gasteiger partial charge in [-0.05, 0) is 25.8 Å². The highest BCUT2D eigenvalue weighted by molar-refractivity contribution is 5.83. The summed E-state index contributed by atoms with van der Waals surface area (Å²) in [7, 11) is 2.01. The first kappa shape index (κ1) is 12.1. The first-order chi connectivity index (χ1) is 9.16. The van der Waals surface area contributed by atoms with Gasteiger partial charge in [0.2, 0.25) is 0 Å². The van der Waals surface area contributed by atoms with E-state index in [9.17, 15) is 0 Å². The predicted molar refractivity (Wildman–Crippen MR) is 77.1 cm³/mol. The van der Waals surface area contributed by atoms with Gasteiger partial charge in [-0.15, -0.1) is 0 Å². The summed E-state index contributed by atoms with van der Waals surface area (Å²) in [6, 6.07) is 8.63. The number of nitrogens with two attached hydrogens (primary N) is 1. The van der Waals surface area contributed by atoms with Gasteiger partial charge in [0.15, 0.2) is 5.96 Å². The second-order valence-corrected chi connectivity index (χ2v) is 5.15. The molecular formula is C15H19N3O. The number of nitrogens with zero attached hydrogens (tertiary/aromatic N) is 2. The summed E-state index contributed by atoms with van der Waals surface area (Å²) in [5.74, 6) is 1.54. The molecule has 0 radical (unpaired) electrons. The largest absolute Gasteiger partial charge is 0.461 e. The highest BCUT2D eigenvalue weighted by atomic mass is 16.3. The number of aliphatic imine (C=N–C) groups is 1. The van der Waals surface area contributed by atoms with Crippen LogP contribution in [-0.4, -0.2) is 23.9 Å². The van der Waals surface area contributed by atoms with Crippen LogP contribution in [0.1, 0.15) is 24.2 Å². The molecule has 0 unspecified atom stereocenters. The van der Waals surface area contributed by atoms with Crippen molar-refractivity contribution in [3.63, 3.8) is 0 Å². The van der Waals surface area contributed by atoms with Crippen molar-refractivity contribution in [3.8, 4) is 0 Å². The number of hydrogen-bond donors (Lipinski definition) is 1. The molecule has 0 aliphatic heterocycles. The summed E-state index contributed by atoms with van der Waals surface area (Å²) < 4.78 is 5.73. The Bertz CT molecular complexity index is 625. The molecule has 4 nitrogen and oxygen atoms in total. The van der Waals surface area contributed by atoms with Crippen LogP contribution in [-0.2, 0) is 6.54 Å². The maximum Gasteiger partial charge on any atom is 0.191 e. The van der Waals surface area contributed by atoms with E-state index in [0.717, 1.165) is 22.3 Å². The molecule has 1 saturated carbocycles. The molecule has 1 heterocycles. The Labute approximate surface area is 112 Å². The summed E-state index contributed by atoms with van der Waals surface area (Å²) in [4.78, 5) is 6.57. The highest BCUT2D eigenvalue weighted by Crippen LogP contribution is 2.27. The molecule has 0 atom stereocenters. The van der Waals surface area contributed by atoms with Crippen molar-refractivity contribution in [2.24, 2.45) is 10.7 Å². The smallest absolute Gasteiger partial charge is 0.191 e. The van der Waals surface area contributed by atoms with Gasteiger partial charge >= 0.3 is 0 Å². The zero-order valence-corrected chi connectivity index (χ0v) is 11.4. The quantitative estimate of drug-likeness (QED) is 0.679. The molecule has 1 aliphatic rings. The number of fused-ring (bicyclic) bond motifs is 1. The lowest BCUT2D eigenvalue weighted by atomic mass is 10.1. The van der Waals surface area contributed by atoms with Crippen molar-refractivity contribution in [3.05, 3.63) is 35.6 Å². The van der Waals surface area contributed by atoms with E-state index in [4.69, 9.17) is 10.2 Å². The third-order valence-corrected chi connectivity index (χ3v) is 3.76. The number of rotatable bonds is 3. The molecule has 2 N–H and O–H groups in total. The molecule has 3 rings (SSSR count). The molecule has 0 amide bonds. The zero-order valence-electron chi connectivity index (χ0n) is 11.4. The van der Waals surface area contributed by atoms with E-state index in [-0.39, 0.29) is 0 Å². The van der Waals surface area contributed by atoms with Crippen LogP contribution in [0, 0.1) is 6.92 Å². The van der Waals surface area contributed by atoms with Crippen LogP contribution in [0.15, 0.2) is 33.7 Å². The fourth-order valence-electron chi connectivity index (χ4n) is 2.34. The van der Waals surface area contributed by atoms with E-state index in [2.05, 4.69) is 16.0 Å². The second-order valence-electron chi connectivity index (χ2n) is 5.15. The number of guanidine groups is 1. The van der Waals surface area contributed by atoms with Crippen molar-refractivity contribution in [1.29, 1.82) is 0 Å². The Balaban J connectivity index is 1.84. The standard InChI is InChI=1S/C15H19N3O/c1-10-13(12-5-3-4-6-14(12)19-10)9-17-15(16)18(2)11-7-8-11/h3-6,11H,7-9H2,1-2H3,(H2,16,17).